The van der Waals surface area contributed by atoms with E-state index in [1.54, 1.807) is 19.4 Å². The Morgan fingerprint density at radius 3 is 2.64 bits per heavy atom. The number of likely N-dealkylation sites (N-methyl/N-ethyl adjacent to an activating group) is 1. The van der Waals surface area contributed by atoms with Crippen LogP contribution in [0.4, 0.5) is 5.69 Å². The van der Waals surface area contributed by atoms with Gasteiger partial charge < -0.3 is 20.0 Å². The van der Waals surface area contributed by atoms with E-state index < -0.39 is 11.6 Å². The summed E-state index contributed by atoms with van der Waals surface area (Å²) in [5, 5.41) is 19.6. The van der Waals surface area contributed by atoms with Gasteiger partial charge in [-0.05, 0) is 37.5 Å². The summed E-state index contributed by atoms with van der Waals surface area (Å²) in [5.41, 5.74) is 1.75. The van der Waals surface area contributed by atoms with Crippen LogP contribution in [0.5, 0.6) is 0 Å². The standard InChI is InChI=1S/C20H26N4O4/c1-23(17(25)5-2-6-18(26)27)14-20(28)8-12-24(13-9-20)16-7-11-21-15-4-3-10-22-19(15)16/h3-4,7,10-11,28H,2,5-6,8-9,12-14H2,1H3,(H,26,27). The van der Waals surface area contributed by atoms with Crippen molar-refractivity contribution in [3.05, 3.63) is 30.6 Å². The topological polar surface area (TPSA) is 107 Å². The Balaban J connectivity index is 1.57. The van der Waals surface area contributed by atoms with E-state index in [-0.39, 0.29) is 25.3 Å². The van der Waals surface area contributed by atoms with E-state index in [0.717, 1.165) is 16.7 Å². The Morgan fingerprint density at radius 2 is 1.93 bits per heavy atom. The highest BCUT2D eigenvalue weighted by molar-refractivity contribution is 5.87. The SMILES string of the molecule is CN(CC1(O)CCN(c2ccnc3cccnc23)CC1)C(=O)CCCC(=O)O. The van der Waals surface area contributed by atoms with Gasteiger partial charge in [-0.15, -0.1) is 0 Å². The van der Waals surface area contributed by atoms with Gasteiger partial charge in [-0.2, -0.15) is 0 Å². The summed E-state index contributed by atoms with van der Waals surface area (Å²) in [4.78, 5) is 35.2. The average molecular weight is 386 g/mol. The zero-order valence-corrected chi connectivity index (χ0v) is 16.0. The third-order valence-corrected chi connectivity index (χ3v) is 5.25. The van der Waals surface area contributed by atoms with E-state index in [9.17, 15) is 14.7 Å². The fourth-order valence-electron chi connectivity index (χ4n) is 3.65. The third-order valence-electron chi connectivity index (χ3n) is 5.25. The molecule has 1 fully saturated rings. The van der Waals surface area contributed by atoms with Gasteiger partial charge in [0.05, 0.1) is 16.8 Å². The van der Waals surface area contributed by atoms with Crippen molar-refractivity contribution in [3.63, 3.8) is 0 Å². The molecule has 0 aliphatic carbocycles. The molecule has 8 heteroatoms. The zero-order valence-electron chi connectivity index (χ0n) is 16.0. The second-order valence-electron chi connectivity index (χ2n) is 7.41. The summed E-state index contributed by atoms with van der Waals surface area (Å²) in [5.74, 6) is -1.04. The van der Waals surface area contributed by atoms with Gasteiger partial charge in [0.15, 0.2) is 0 Å². The molecular formula is C20H26N4O4. The van der Waals surface area contributed by atoms with Gasteiger partial charge >= 0.3 is 5.97 Å². The number of carbonyl (C=O) groups is 2. The first-order valence-electron chi connectivity index (χ1n) is 9.51. The van der Waals surface area contributed by atoms with Crippen LogP contribution in [0, 0.1) is 0 Å². The molecule has 3 rings (SSSR count). The molecule has 150 valence electrons. The van der Waals surface area contributed by atoms with Crippen LogP contribution in [-0.4, -0.2) is 69.2 Å². The molecule has 28 heavy (non-hydrogen) atoms. The van der Waals surface area contributed by atoms with Gasteiger partial charge in [0.1, 0.15) is 5.52 Å². The summed E-state index contributed by atoms with van der Waals surface area (Å²) < 4.78 is 0. The van der Waals surface area contributed by atoms with Gasteiger partial charge in [-0.3, -0.25) is 19.6 Å². The Bertz CT molecular complexity index is 844. The molecule has 1 aliphatic rings. The van der Waals surface area contributed by atoms with Gasteiger partial charge in [0, 0.05) is 51.9 Å². The molecule has 0 aromatic carbocycles. The predicted octanol–water partition coefficient (Wildman–Crippen LogP) is 1.67. The highest BCUT2D eigenvalue weighted by atomic mass is 16.4. The van der Waals surface area contributed by atoms with Crippen LogP contribution in [0.2, 0.25) is 0 Å². The summed E-state index contributed by atoms with van der Waals surface area (Å²) in [6.45, 7) is 1.57. The Hall–Kier alpha value is -2.74. The molecule has 2 aromatic heterocycles. The fourth-order valence-corrected chi connectivity index (χ4v) is 3.65. The highest BCUT2D eigenvalue weighted by Crippen LogP contribution is 2.30. The smallest absolute Gasteiger partial charge is 0.303 e. The first kappa shape index (κ1) is 20.0. The molecule has 3 heterocycles. The lowest BCUT2D eigenvalue weighted by atomic mass is 9.90. The van der Waals surface area contributed by atoms with Gasteiger partial charge in [0.25, 0.3) is 0 Å². The largest absolute Gasteiger partial charge is 0.481 e. The number of pyridine rings is 2. The zero-order chi connectivity index (χ0) is 20.1. The van der Waals surface area contributed by atoms with E-state index in [4.69, 9.17) is 5.11 Å². The molecule has 0 bridgehead atoms. The maximum Gasteiger partial charge on any atom is 0.303 e. The lowest BCUT2D eigenvalue weighted by molar-refractivity contribution is -0.137. The number of hydrogen-bond acceptors (Lipinski definition) is 6. The van der Waals surface area contributed by atoms with Gasteiger partial charge in [-0.1, -0.05) is 0 Å². The number of aliphatic hydroxyl groups is 1. The molecule has 1 saturated heterocycles. The predicted molar refractivity (Wildman–Crippen MR) is 105 cm³/mol. The lowest BCUT2D eigenvalue weighted by Gasteiger charge is -2.41. The number of hydrogen-bond donors (Lipinski definition) is 2. The van der Waals surface area contributed by atoms with Crippen LogP contribution in [0.15, 0.2) is 30.6 Å². The molecule has 0 saturated carbocycles. The van der Waals surface area contributed by atoms with E-state index in [2.05, 4.69) is 14.9 Å². The van der Waals surface area contributed by atoms with Crippen molar-refractivity contribution < 1.29 is 19.8 Å². The molecule has 8 nitrogen and oxygen atoms in total. The number of carboxylic acid groups (broad SMARTS) is 1. The minimum Gasteiger partial charge on any atom is -0.481 e. The first-order valence-corrected chi connectivity index (χ1v) is 9.51. The summed E-state index contributed by atoms with van der Waals surface area (Å²) in [6.07, 6.45) is 5.06. The van der Waals surface area contributed by atoms with Crippen molar-refractivity contribution in [2.24, 2.45) is 0 Å². The number of carbonyl (C=O) groups excluding carboxylic acids is 1. The average Bonchev–Trinajstić information content (AvgIpc) is 2.67. The van der Waals surface area contributed by atoms with Crippen LogP contribution >= 0.6 is 0 Å². The molecule has 1 aliphatic heterocycles. The van der Waals surface area contributed by atoms with Crippen molar-refractivity contribution in [2.45, 2.75) is 37.7 Å². The Kier molecular flexibility index (Phi) is 6.08. The minimum absolute atomic E-state index is 0.0211. The number of aliphatic carboxylic acids is 1. The number of nitrogens with zero attached hydrogens (tertiary/aromatic N) is 4. The molecule has 0 atom stereocenters. The number of fused-ring (bicyclic) bond motifs is 1. The molecule has 2 aromatic rings. The lowest BCUT2D eigenvalue weighted by Crippen LogP contribution is -2.51. The molecule has 1 amide bonds. The summed E-state index contributed by atoms with van der Waals surface area (Å²) >= 11 is 0. The number of aromatic nitrogens is 2. The number of rotatable bonds is 7. The van der Waals surface area contributed by atoms with Crippen LogP contribution in [0.3, 0.4) is 0 Å². The fraction of sp³-hybridized carbons (Fsp3) is 0.500. The number of piperidine rings is 1. The van der Waals surface area contributed by atoms with E-state index in [0.29, 0.717) is 32.4 Å². The monoisotopic (exact) mass is 386 g/mol. The first-order chi connectivity index (χ1) is 13.4. The van der Waals surface area contributed by atoms with E-state index in [1.807, 2.05) is 18.2 Å². The number of carboxylic acids is 1. The van der Waals surface area contributed by atoms with Crippen LogP contribution < -0.4 is 4.90 Å². The third kappa shape index (κ3) is 4.75. The molecule has 0 radical (unpaired) electrons. The van der Waals surface area contributed by atoms with Crippen molar-refractivity contribution in [1.29, 1.82) is 0 Å². The maximum absolute atomic E-state index is 12.2. The van der Waals surface area contributed by atoms with Crippen molar-refractivity contribution in [3.8, 4) is 0 Å². The van der Waals surface area contributed by atoms with Crippen molar-refractivity contribution in [1.82, 2.24) is 14.9 Å². The molecule has 0 unspecified atom stereocenters. The van der Waals surface area contributed by atoms with E-state index in [1.165, 1.54) is 4.90 Å². The summed E-state index contributed by atoms with van der Waals surface area (Å²) in [7, 11) is 1.66. The molecule has 2 N–H and O–H groups in total. The summed E-state index contributed by atoms with van der Waals surface area (Å²) in [6, 6.07) is 5.73. The second kappa shape index (κ2) is 8.52. The van der Waals surface area contributed by atoms with Crippen LogP contribution in [-0.2, 0) is 9.59 Å². The number of amides is 1. The van der Waals surface area contributed by atoms with E-state index >= 15 is 0 Å². The molecular weight excluding hydrogens is 360 g/mol. The molecule has 0 spiro atoms. The van der Waals surface area contributed by atoms with Crippen LogP contribution in [0.1, 0.15) is 32.1 Å². The normalized spacial score (nSPS) is 16.1. The van der Waals surface area contributed by atoms with Gasteiger partial charge in [0.2, 0.25) is 5.91 Å². The van der Waals surface area contributed by atoms with Crippen LogP contribution in [0.25, 0.3) is 11.0 Å². The Morgan fingerprint density at radius 1 is 1.18 bits per heavy atom. The highest BCUT2D eigenvalue weighted by Gasteiger charge is 2.35. The quantitative estimate of drug-likeness (QED) is 0.745. The number of anilines is 1. The van der Waals surface area contributed by atoms with Crippen molar-refractivity contribution in [2.75, 3.05) is 31.6 Å². The maximum atomic E-state index is 12.2. The second-order valence-corrected chi connectivity index (χ2v) is 7.41. The minimum atomic E-state index is -0.941. The Labute approximate surface area is 163 Å². The van der Waals surface area contributed by atoms with Gasteiger partial charge in [-0.25, -0.2) is 0 Å². The van der Waals surface area contributed by atoms with Crippen molar-refractivity contribution >= 4 is 28.6 Å².